The van der Waals surface area contributed by atoms with Crippen molar-refractivity contribution in [1.29, 1.82) is 0 Å². The molecule has 0 atom stereocenters. The Balaban J connectivity index is 0.000000142. The van der Waals surface area contributed by atoms with Gasteiger partial charge in [0.05, 0.1) is 22.8 Å². The molecule has 4 aliphatic carbocycles. The monoisotopic (exact) mass is 702 g/mol. The van der Waals surface area contributed by atoms with E-state index >= 15 is 0 Å². The molecule has 4 aliphatic rings. The molecule has 10 rings (SSSR count). The lowest BCUT2D eigenvalue weighted by Gasteiger charge is -2.28. The molecule has 54 heavy (non-hydrogen) atoms. The van der Waals surface area contributed by atoms with E-state index in [0.717, 1.165) is 12.8 Å². The van der Waals surface area contributed by atoms with Crippen LogP contribution >= 0.6 is 0 Å². The molecular formula is C52H50N2. The predicted molar refractivity (Wildman–Crippen MR) is 227 cm³/mol. The number of rotatable bonds is 4. The van der Waals surface area contributed by atoms with Crippen LogP contribution < -0.4 is 0 Å². The van der Waals surface area contributed by atoms with Crippen LogP contribution in [0.1, 0.15) is 107 Å². The number of fused-ring (bicyclic) bond motifs is 6. The van der Waals surface area contributed by atoms with Crippen molar-refractivity contribution in [3.63, 3.8) is 0 Å². The lowest BCUT2D eigenvalue weighted by Crippen LogP contribution is -2.16. The zero-order valence-corrected chi connectivity index (χ0v) is 31.5. The van der Waals surface area contributed by atoms with Crippen molar-refractivity contribution < 1.29 is 0 Å². The summed E-state index contributed by atoms with van der Waals surface area (Å²) in [6.45, 7) is 0. The lowest BCUT2D eigenvalue weighted by molar-refractivity contribution is 0.666. The zero-order chi connectivity index (χ0) is 36.1. The third kappa shape index (κ3) is 7.15. The Hall–Kier alpha value is -5.34. The van der Waals surface area contributed by atoms with Crippen molar-refractivity contribution in [2.75, 3.05) is 0 Å². The van der Waals surface area contributed by atoms with Crippen LogP contribution in [0.15, 0.2) is 121 Å². The lowest BCUT2D eigenvalue weighted by atomic mass is 9.79. The Morgan fingerprint density at radius 3 is 1.00 bits per heavy atom. The zero-order valence-electron chi connectivity index (χ0n) is 31.5. The van der Waals surface area contributed by atoms with Crippen molar-refractivity contribution in [2.24, 2.45) is 0 Å². The SMILES string of the molecule is C(=C1/CCCc2c1nc(-c1ccccc1)c1c2CCCC1)/c1ccccc1.C(=C1/CCCc2c1nc(-c1ccccc1)c1c2CCCC1)/c1ccccc1. The van der Waals surface area contributed by atoms with Crippen molar-refractivity contribution in [3.05, 3.63) is 177 Å². The van der Waals surface area contributed by atoms with Gasteiger partial charge in [-0.1, -0.05) is 121 Å². The minimum absolute atomic E-state index is 1.13. The second-order valence-corrected chi connectivity index (χ2v) is 15.5. The smallest absolute Gasteiger partial charge is 0.0744 e. The van der Waals surface area contributed by atoms with Gasteiger partial charge in [0, 0.05) is 11.1 Å². The molecule has 0 saturated heterocycles. The van der Waals surface area contributed by atoms with Crippen LogP contribution in [-0.4, -0.2) is 9.97 Å². The van der Waals surface area contributed by atoms with Crippen LogP contribution in [0.25, 0.3) is 45.8 Å². The number of aromatic nitrogens is 2. The second kappa shape index (κ2) is 15.9. The molecule has 0 saturated carbocycles. The molecule has 268 valence electrons. The summed E-state index contributed by atoms with van der Waals surface area (Å²) < 4.78 is 0. The summed E-state index contributed by atoms with van der Waals surface area (Å²) in [6.07, 6.45) is 21.8. The highest BCUT2D eigenvalue weighted by atomic mass is 14.7. The first-order valence-corrected chi connectivity index (χ1v) is 20.5. The average Bonchev–Trinajstić information content (AvgIpc) is 3.25. The number of nitrogens with zero attached hydrogens (tertiary/aromatic N) is 2. The molecule has 0 bridgehead atoms. The van der Waals surface area contributed by atoms with Crippen molar-refractivity contribution >= 4 is 23.3 Å². The molecule has 0 N–H and O–H groups in total. The first-order chi connectivity index (χ1) is 26.8. The van der Waals surface area contributed by atoms with Crippen LogP contribution in [0, 0.1) is 0 Å². The molecule has 0 unspecified atom stereocenters. The van der Waals surface area contributed by atoms with Crippen LogP contribution in [0.5, 0.6) is 0 Å². The Kier molecular flexibility index (Phi) is 10.2. The van der Waals surface area contributed by atoms with E-state index in [4.69, 9.17) is 9.97 Å². The summed E-state index contributed by atoms with van der Waals surface area (Å²) in [5, 5.41) is 0. The van der Waals surface area contributed by atoms with Crippen molar-refractivity contribution in [2.45, 2.75) is 89.9 Å². The molecule has 0 fully saturated rings. The van der Waals surface area contributed by atoms with Gasteiger partial charge in [-0.15, -0.1) is 0 Å². The molecule has 2 aromatic heterocycles. The highest BCUT2D eigenvalue weighted by Gasteiger charge is 2.28. The summed E-state index contributed by atoms with van der Waals surface area (Å²) in [5.41, 5.74) is 22.3. The van der Waals surface area contributed by atoms with Gasteiger partial charge in [-0.25, -0.2) is 9.97 Å². The van der Waals surface area contributed by atoms with Gasteiger partial charge in [0.2, 0.25) is 0 Å². The van der Waals surface area contributed by atoms with Crippen LogP contribution in [0.3, 0.4) is 0 Å². The molecule has 2 nitrogen and oxygen atoms in total. The van der Waals surface area contributed by atoms with Gasteiger partial charge in [0.1, 0.15) is 0 Å². The van der Waals surface area contributed by atoms with E-state index in [-0.39, 0.29) is 0 Å². The topological polar surface area (TPSA) is 25.8 Å². The van der Waals surface area contributed by atoms with Gasteiger partial charge >= 0.3 is 0 Å². The summed E-state index contributed by atoms with van der Waals surface area (Å²) in [5.74, 6) is 0. The van der Waals surface area contributed by atoms with Gasteiger partial charge in [0.15, 0.2) is 0 Å². The Morgan fingerprint density at radius 2 is 0.611 bits per heavy atom. The Morgan fingerprint density at radius 1 is 0.296 bits per heavy atom. The standard InChI is InChI=1S/2C26H25N/c2*1-3-10-19(11-4-1)18-21-14-9-17-24-22-15-7-8-16-23(22)25(27-26(21)24)20-12-5-2-6-13-20/h2*1-6,10-13,18H,7-9,14-17H2/b2*21-18+. The number of hydrogen-bond donors (Lipinski definition) is 0. The fourth-order valence-corrected chi connectivity index (χ4v) is 9.45. The average molecular weight is 703 g/mol. The molecule has 0 aliphatic heterocycles. The minimum atomic E-state index is 1.13. The first kappa shape index (κ1) is 34.4. The third-order valence-electron chi connectivity index (χ3n) is 12.0. The van der Waals surface area contributed by atoms with Crippen LogP contribution in [0.2, 0.25) is 0 Å². The fraction of sp³-hybridized carbons (Fsp3) is 0.269. The first-order valence-electron chi connectivity index (χ1n) is 20.5. The number of pyridine rings is 2. The molecular weight excluding hydrogens is 653 g/mol. The maximum atomic E-state index is 5.31. The van der Waals surface area contributed by atoms with Crippen molar-refractivity contribution in [3.8, 4) is 22.5 Å². The van der Waals surface area contributed by atoms with E-state index in [9.17, 15) is 0 Å². The van der Waals surface area contributed by atoms with Gasteiger partial charge < -0.3 is 0 Å². The van der Waals surface area contributed by atoms with Crippen LogP contribution in [-0.2, 0) is 38.5 Å². The Bertz CT molecular complexity index is 2130. The molecule has 2 heteroatoms. The summed E-state index contributed by atoms with van der Waals surface area (Å²) in [7, 11) is 0. The third-order valence-corrected chi connectivity index (χ3v) is 12.0. The second-order valence-electron chi connectivity index (χ2n) is 15.5. The van der Waals surface area contributed by atoms with Gasteiger partial charge in [-0.3, -0.25) is 0 Å². The summed E-state index contributed by atoms with van der Waals surface area (Å²) in [6, 6.07) is 43.0. The number of allylic oxidation sites excluding steroid dienone is 2. The predicted octanol–water partition coefficient (Wildman–Crippen LogP) is 13.0. The maximum Gasteiger partial charge on any atom is 0.0744 e. The fourth-order valence-electron chi connectivity index (χ4n) is 9.45. The van der Waals surface area contributed by atoms with E-state index in [1.165, 1.54) is 155 Å². The van der Waals surface area contributed by atoms with Gasteiger partial charge in [-0.2, -0.15) is 0 Å². The molecule has 2 heterocycles. The van der Waals surface area contributed by atoms with Gasteiger partial charge in [-0.05, 0) is 158 Å². The minimum Gasteiger partial charge on any atom is -0.248 e. The molecule has 0 spiro atoms. The van der Waals surface area contributed by atoms with E-state index in [2.05, 4.69) is 133 Å². The molecule has 4 aromatic carbocycles. The molecule has 0 amide bonds. The van der Waals surface area contributed by atoms with Gasteiger partial charge in [0.25, 0.3) is 0 Å². The normalized spacial score (nSPS) is 17.4. The highest BCUT2D eigenvalue weighted by Crippen LogP contribution is 2.42. The summed E-state index contributed by atoms with van der Waals surface area (Å²) >= 11 is 0. The van der Waals surface area contributed by atoms with E-state index in [0.29, 0.717) is 0 Å². The number of hydrogen-bond acceptors (Lipinski definition) is 2. The quantitative estimate of drug-likeness (QED) is 0.183. The molecule has 6 aromatic rings. The van der Waals surface area contributed by atoms with E-state index < -0.39 is 0 Å². The van der Waals surface area contributed by atoms with E-state index in [1.54, 1.807) is 11.1 Å². The van der Waals surface area contributed by atoms with Crippen molar-refractivity contribution in [1.82, 2.24) is 9.97 Å². The summed E-state index contributed by atoms with van der Waals surface area (Å²) in [4.78, 5) is 10.6. The van der Waals surface area contributed by atoms with E-state index in [1.807, 2.05) is 0 Å². The van der Waals surface area contributed by atoms with Crippen LogP contribution in [0.4, 0.5) is 0 Å². The Labute approximate surface area is 321 Å². The number of benzene rings is 4. The maximum absolute atomic E-state index is 5.31. The molecule has 0 radical (unpaired) electrons. The highest BCUT2D eigenvalue weighted by molar-refractivity contribution is 5.85. The largest absolute Gasteiger partial charge is 0.248 e.